The molecule has 2 heteroatoms. The molecule has 1 unspecified atom stereocenters. The lowest BCUT2D eigenvalue weighted by Crippen LogP contribution is -2.33. The van der Waals surface area contributed by atoms with E-state index in [1.165, 1.54) is 50.5 Å². The first kappa shape index (κ1) is 17.5. The number of unbranched alkanes of at least 4 members (excludes halogenated alkanes) is 6. The van der Waals surface area contributed by atoms with Crippen LogP contribution in [0.25, 0.3) is 0 Å². The second-order valence-corrected chi connectivity index (χ2v) is 5.93. The van der Waals surface area contributed by atoms with Crippen LogP contribution in [-0.4, -0.2) is 18.5 Å². The molecule has 0 radical (unpaired) electrons. The Morgan fingerprint density at radius 1 is 0.950 bits per heavy atom. The fraction of sp³-hybridized carbons (Fsp3) is 0.667. The van der Waals surface area contributed by atoms with E-state index in [9.17, 15) is 0 Å². The van der Waals surface area contributed by atoms with E-state index in [4.69, 9.17) is 11.6 Å². The van der Waals surface area contributed by atoms with Crippen molar-refractivity contribution in [3.05, 3.63) is 35.9 Å². The van der Waals surface area contributed by atoms with Gasteiger partial charge in [0.05, 0.1) is 0 Å². The fourth-order valence-electron chi connectivity index (χ4n) is 2.47. The summed E-state index contributed by atoms with van der Waals surface area (Å²) in [7, 11) is 0. The molecule has 0 saturated heterocycles. The van der Waals surface area contributed by atoms with Crippen LogP contribution in [0.3, 0.4) is 0 Å². The molecule has 0 spiro atoms. The predicted octanol–water partition coefficient (Wildman–Crippen LogP) is 5.18. The zero-order valence-electron chi connectivity index (χ0n) is 12.9. The summed E-state index contributed by atoms with van der Waals surface area (Å²) in [4.78, 5) is 0. The minimum Gasteiger partial charge on any atom is -0.312 e. The number of rotatable bonds is 12. The lowest BCUT2D eigenvalue weighted by Gasteiger charge is -2.16. The van der Waals surface area contributed by atoms with Gasteiger partial charge in [-0.1, -0.05) is 75.8 Å². The Balaban J connectivity index is 2.04. The summed E-state index contributed by atoms with van der Waals surface area (Å²) in [6, 6.07) is 11.0. The minimum absolute atomic E-state index is 0.402. The molecule has 0 aliphatic carbocycles. The van der Waals surface area contributed by atoms with Crippen molar-refractivity contribution in [1.82, 2.24) is 5.32 Å². The van der Waals surface area contributed by atoms with Crippen molar-refractivity contribution in [2.45, 2.75) is 64.3 Å². The van der Waals surface area contributed by atoms with Crippen molar-refractivity contribution >= 4 is 11.6 Å². The normalized spacial score (nSPS) is 12.5. The number of hydrogen-bond donors (Lipinski definition) is 1. The van der Waals surface area contributed by atoms with Gasteiger partial charge in [-0.25, -0.2) is 0 Å². The lowest BCUT2D eigenvalue weighted by atomic mass is 10.1. The van der Waals surface area contributed by atoms with Gasteiger partial charge in [0.15, 0.2) is 0 Å². The lowest BCUT2D eigenvalue weighted by molar-refractivity contribution is 0.512. The van der Waals surface area contributed by atoms with E-state index < -0.39 is 0 Å². The Labute approximate surface area is 130 Å². The van der Waals surface area contributed by atoms with Crippen LogP contribution in [0.15, 0.2) is 30.3 Å². The second-order valence-electron chi connectivity index (χ2n) is 5.62. The van der Waals surface area contributed by atoms with E-state index in [0.29, 0.717) is 11.9 Å². The largest absolute Gasteiger partial charge is 0.312 e. The van der Waals surface area contributed by atoms with Crippen LogP contribution in [0.5, 0.6) is 0 Å². The Hall–Kier alpha value is -0.530. The Morgan fingerprint density at radius 3 is 2.25 bits per heavy atom. The van der Waals surface area contributed by atoms with Gasteiger partial charge in [0.2, 0.25) is 0 Å². The summed E-state index contributed by atoms with van der Waals surface area (Å²) in [5.74, 6) is 0.686. The van der Waals surface area contributed by atoms with Crippen molar-refractivity contribution < 1.29 is 0 Å². The molecule has 1 rings (SSSR count). The van der Waals surface area contributed by atoms with Crippen LogP contribution >= 0.6 is 11.6 Å². The van der Waals surface area contributed by atoms with Crippen LogP contribution in [0, 0.1) is 0 Å². The molecule has 1 aromatic carbocycles. The Kier molecular flexibility index (Phi) is 10.7. The van der Waals surface area contributed by atoms with Crippen molar-refractivity contribution in [2.75, 3.05) is 12.4 Å². The first-order valence-electron chi connectivity index (χ1n) is 8.20. The molecular weight excluding hydrogens is 266 g/mol. The highest BCUT2D eigenvalue weighted by atomic mass is 35.5. The van der Waals surface area contributed by atoms with Gasteiger partial charge in [-0.2, -0.15) is 0 Å². The van der Waals surface area contributed by atoms with Crippen molar-refractivity contribution in [3.8, 4) is 0 Å². The molecule has 1 N–H and O–H groups in total. The molecule has 1 aromatic rings. The van der Waals surface area contributed by atoms with E-state index in [1.54, 1.807) is 0 Å². The standard InChI is InChI=1S/C18H30ClN/c1-2-3-4-5-6-7-11-14-20-18(16-19)15-17-12-9-8-10-13-17/h8-10,12-13,18,20H,2-7,11,14-16H2,1H3. The summed E-state index contributed by atoms with van der Waals surface area (Å²) >= 11 is 6.05. The molecule has 1 nitrogen and oxygen atoms in total. The van der Waals surface area contributed by atoms with Gasteiger partial charge in [0, 0.05) is 11.9 Å². The number of alkyl halides is 1. The highest BCUT2D eigenvalue weighted by Gasteiger charge is 2.06. The third-order valence-corrected chi connectivity index (χ3v) is 4.10. The van der Waals surface area contributed by atoms with Crippen molar-refractivity contribution in [1.29, 1.82) is 0 Å². The summed E-state index contributed by atoms with van der Waals surface area (Å²) in [5.41, 5.74) is 1.37. The van der Waals surface area contributed by atoms with Crippen LogP contribution < -0.4 is 5.32 Å². The third-order valence-electron chi connectivity index (χ3n) is 3.72. The van der Waals surface area contributed by atoms with Gasteiger partial charge in [-0.15, -0.1) is 11.6 Å². The quantitative estimate of drug-likeness (QED) is 0.414. The first-order chi connectivity index (χ1) is 9.86. The highest BCUT2D eigenvalue weighted by Crippen LogP contribution is 2.07. The first-order valence-corrected chi connectivity index (χ1v) is 8.73. The average Bonchev–Trinajstić information content (AvgIpc) is 2.49. The molecule has 0 amide bonds. The molecule has 0 bridgehead atoms. The molecule has 20 heavy (non-hydrogen) atoms. The third kappa shape index (κ3) is 8.60. The summed E-state index contributed by atoms with van der Waals surface area (Å²) in [6.07, 6.45) is 10.6. The fourth-order valence-corrected chi connectivity index (χ4v) is 2.69. The summed E-state index contributed by atoms with van der Waals surface area (Å²) in [5, 5.41) is 3.59. The number of nitrogens with one attached hydrogen (secondary N) is 1. The predicted molar refractivity (Wildman–Crippen MR) is 90.6 cm³/mol. The van der Waals surface area contributed by atoms with E-state index >= 15 is 0 Å². The van der Waals surface area contributed by atoms with Crippen LogP contribution in [0.2, 0.25) is 0 Å². The van der Waals surface area contributed by atoms with Crippen LogP contribution in [-0.2, 0) is 6.42 Å². The van der Waals surface area contributed by atoms with Gasteiger partial charge < -0.3 is 5.32 Å². The molecule has 0 saturated carbocycles. The minimum atomic E-state index is 0.402. The molecule has 0 heterocycles. The molecule has 0 aliphatic heterocycles. The monoisotopic (exact) mass is 295 g/mol. The second kappa shape index (κ2) is 12.2. The van der Waals surface area contributed by atoms with E-state index in [-0.39, 0.29) is 0 Å². The number of halogens is 1. The maximum Gasteiger partial charge on any atom is 0.0380 e. The smallest absolute Gasteiger partial charge is 0.0380 e. The Bertz CT molecular complexity index is 312. The van der Waals surface area contributed by atoms with E-state index in [1.807, 2.05) is 0 Å². The highest BCUT2D eigenvalue weighted by molar-refractivity contribution is 6.18. The van der Waals surface area contributed by atoms with Gasteiger partial charge >= 0.3 is 0 Å². The molecule has 0 aliphatic rings. The maximum absolute atomic E-state index is 6.05. The molecule has 114 valence electrons. The Morgan fingerprint density at radius 2 is 1.60 bits per heavy atom. The number of hydrogen-bond acceptors (Lipinski definition) is 1. The van der Waals surface area contributed by atoms with Crippen molar-refractivity contribution in [2.24, 2.45) is 0 Å². The summed E-state index contributed by atoms with van der Waals surface area (Å²) in [6.45, 7) is 3.36. The molecule has 1 atom stereocenters. The van der Waals surface area contributed by atoms with E-state index in [2.05, 4.69) is 42.6 Å². The van der Waals surface area contributed by atoms with E-state index in [0.717, 1.165) is 13.0 Å². The van der Waals surface area contributed by atoms with Gasteiger partial charge in [-0.3, -0.25) is 0 Å². The zero-order chi connectivity index (χ0) is 14.5. The molecule has 0 fully saturated rings. The summed E-state index contributed by atoms with van der Waals surface area (Å²) < 4.78 is 0. The topological polar surface area (TPSA) is 12.0 Å². The van der Waals surface area contributed by atoms with Crippen LogP contribution in [0.1, 0.15) is 57.4 Å². The molecule has 0 aromatic heterocycles. The zero-order valence-corrected chi connectivity index (χ0v) is 13.7. The van der Waals surface area contributed by atoms with Crippen molar-refractivity contribution in [3.63, 3.8) is 0 Å². The van der Waals surface area contributed by atoms with Crippen LogP contribution in [0.4, 0.5) is 0 Å². The van der Waals surface area contributed by atoms with Gasteiger partial charge in [0.25, 0.3) is 0 Å². The van der Waals surface area contributed by atoms with Gasteiger partial charge in [-0.05, 0) is 24.9 Å². The molecular formula is C18H30ClN. The average molecular weight is 296 g/mol. The number of benzene rings is 1. The SMILES string of the molecule is CCCCCCCCCNC(CCl)Cc1ccccc1. The maximum atomic E-state index is 6.05. The van der Waals surface area contributed by atoms with Gasteiger partial charge in [0.1, 0.15) is 0 Å².